The van der Waals surface area contributed by atoms with Crippen LogP contribution in [0.1, 0.15) is 15.9 Å². The van der Waals surface area contributed by atoms with Gasteiger partial charge in [0, 0.05) is 6.54 Å². The summed E-state index contributed by atoms with van der Waals surface area (Å²) in [6.07, 6.45) is 0. The molecular formula is C15H15FN2O3. The summed E-state index contributed by atoms with van der Waals surface area (Å²) >= 11 is 0. The fourth-order valence-electron chi connectivity index (χ4n) is 1.91. The smallest absolute Gasteiger partial charge is 0.340 e. The Bertz CT molecular complexity index is 657. The number of ether oxygens (including phenoxy) is 1. The Labute approximate surface area is 121 Å². The van der Waals surface area contributed by atoms with Crippen LogP contribution in [-0.2, 0) is 6.54 Å². The molecule has 0 aliphatic heterocycles. The zero-order valence-corrected chi connectivity index (χ0v) is 11.4. The molecular weight excluding hydrogens is 275 g/mol. The predicted octanol–water partition coefficient (Wildman–Crippen LogP) is 2.73. The molecule has 0 bridgehead atoms. The fraction of sp³-hybridized carbons (Fsp3) is 0.133. The van der Waals surface area contributed by atoms with Crippen molar-refractivity contribution in [3.05, 3.63) is 53.3 Å². The number of nitrogens with one attached hydrogen (secondary N) is 1. The quantitative estimate of drug-likeness (QED) is 0.737. The summed E-state index contributed by atoms with van der Waals surface area (Å²) in [4.78, 5) is 11.2. The van der Waals surface area contributed by atoms with Gasteiger partial charge in [-0.05, 0) is 29.8 Å². The second-order valence-electron chi connectivity index (χ2n) is 4.39. The molecule has 0 aromatic heterocycles. The van der Waals surface area contributed by atoms with Gasteiger partial charge in [-0.3, -0.25) is 0 Å². The molecule has 0 saturated carbocycles. The average molecular weight is 290 g/mol. The molecule has 0 aliphatic carbocycles. The summed E-state index contributed by atoms with van der Waals surface area (Å²) in [6, 6.07) is 9.79. The molecule has 0 fully saturated rings. The lowest BCUT2D eigenvalue weighted by atomic mass is 10.1. The number of aromatic carboxylic acids is 1. The van der Waals surface area contributed by atoms with Gasteiger partial charge in [-0.1, -0.05) is 12.1 Å². The highest BCUT2D eigenvalue weighted by molar-refractivity contribution is 6.00. The first-order valence-electron chi connectivity index (χ1n) is 6.21. The van der Waals surface area contributed by atoms with Gasteiger partial charge in [0.15, 0.2) is 0 Å². The summed E-state index contributed by atoms with van der Waals surface area (Å²) < 4.78 is 18.4. The Balaban J connectivity index is 2.19. The zero-order valence-electron chi connectivity index (χ0n) is 11.4. The van der Waals surface area contributed by atoms with Crippen LogP contribution in [0.15, 0.2) is 36.4 Å². The number of nitrogen functional groups attached to an aromatic ring is 1. The lowest BCUT2D eigenvalue weighted by Crippen LogP contribution is -2.10. The highest BCUT2D eigenvalue weighted by Crippen LogP contribution is 2.25. The number of nitrogens with two attached hydrogens (primary N) is 1. The van der Waals surface area contributed by atoms with Crippen LogP contribution < -0.4 is 15.8 Å². The van der Waals surface area contributed by atoms with Gasteiger partial charge in [-0.15, -0.1) is 0 Å². The third-order valence-corrected chi connectivity index (χ3v) is 3.05. The van der Waals surface area contributed by atoms with Crippen LogP contribution in [0.5, 0.6) is 5.75 Å². The van der Waals surface area contributed by atoms with Gasteiger partial charge < -0.3 is 20.9 Å². The Morgan fingerprint density at radius 1 is 1.29 bits per heavy atom. The minimum Gasteiger partial charge on any atom is -0.497 e. The molecule has 2 aromatic carbocycles. The molecule has 2 aromatic rings. The summed E-state index contributed by atoms with van der Waals surface area (Å²) in [5.41, 5.74) is 6.05. The van der Waals surface area contributed by atoms with E-state index in [1.54, 1.807) is 19.2 Å². The van der Waals surface area contributed by atoms with Gasteiger partial charge >= 0.3 is 5.97 Å². The Morgan fingerprint density at radius 2 is 1.95 bits per heavy atom. The number of methoxy groups -OCH3 is 1. The van der Waals surface area contributed by atoms with Gasteiger partial charge in [-0.25, -0.2) is 9.18 Å². The van der Waals surface area contributed by atoms with Crippen molar-refractivity contribution in [3.8, 4) is 5.75 Å². The number of halogens is 1. The van der Waals surface area contributed by atoms with E-state index in [1.807, 2.05) is 12.1 Å². The maximum atomic E-state index is 13.3. The van der Waals surface area contributed by atoms with E-state index in [9.17, 15) is 9.18 Å². The number of hydrogen-bond donors (Lipinski definition) is 3. The van der Waals surface area contributed by atoms with E-state index < -0.39 is 11.8 Å². The molecule has 2 rings (SSSR count). The fourth-order valence-corrected chi connectivity index (χ4v) is 1.91. The Hall–Kier alpha value is -2.76. The minimum atomic E-state index is -1.27. The van der Waals surface area contributed by atoms with Crippen molar-refractivity contribution in [1.29, 1.82) is 0 Å². The minimum absolute atomic E-state index is 0.261. The predicted molar refractivity (Wildman–Crippen MR) is 78.1 cm³/mol. The van der Waals surface area contributed by atoms with Crippen molar-refractivity contribution in [1.82, 2.24) is 0 Å². The third-order valence-electron chi connectivity index (χ3n) is 3.05. The van der Waals surface area contributed by atoms with Gasteiger partial charge in [0.2, 0.25) is 0 Å². The van der Waals surface area contributed by atoms with Crippen LogP contribution in [0.4, 0.5) is 15.8 Å². The molecule has 6 heteroatoms. The van der Waals surface area contributed by atoms with Crippen molar-refractivity contribution in [2.24, 2.45) is 0 Å². The maximum Gasteiger partial charge on any atom is 0.340 e. The molecule has 0 atom stereocenters. The van der Waals surface area contributed by atoms with E-state index in [0.29, 0.717) is 6.54 Å². The molecule has 0 saturated heterocycles. The highest BCUT2D eigenvalue weighted by atomic mass is 19.1. The molecule has 0 spiro atoms. The molecule has 110 valence electrons. The maximum absolute atomic E-state index is 13.3. The molecule has 21 heavy (non-hydrogen) atoms. The Morgan fingerprint density at radius 3 is 2.52 bits per heavy atom. The van der Waals surface area contributed by atoms with E-state index in [1.165, 1.54) is 6.07 Å². The van der Waals surface area contributed by atoms with Crippen LogP contribution in [0.3, 0.4) is 0 Å². The number of anilines is 2. The zero-order chi connectivity index (χ0) is 15.4. The highest BCUT2D eigenvalue weighted by Gasteiger charge is 2.17. The van der Waals surface area contributed by atoms with Gasteiger partial charge in [0.25, 0.3) is 0 Å². The molecule has 0 heterocycles. The van der Waals surface area contributed by atoms with E-state index >= 15 is 0 Å². The lowest BCUT2D eigenvalue weighted by molar-refractivity contribution is 0.0698. The number of carbonyl (C=O) groups is 1. The van der Waals surface area contributed by atoms with E-state index in [4.69, 9.17) is 15.6 Å². The van der Waals surface area contributed by atoms with Crippen molar-refractivity contribution >= 4 is 17.3 Å². The van der Waals surface area contributed by atoms with E-state index in [-0.39, 0.29) is 16.9 Å². The lowest BCUT2D eigenvalue weighted by Gasteiger charge is -2.12. The topological polar surface area (TPSA) is 84.6 Å². The Kier molecular flexibility index (Phi) is 4.27. The van der Waals surface area contributed by atoms with Crippen molar-refractivity contribution in [3.63, 3.8) is 0 Å². The first kappa shape index (κ1) is 14.6. The van der Waals surface area contributed by atoms with Crippen molar-refractivity contribution in [2.75, 3.05) is 18.2 Å². The van der Waals surface area contributed by atoms with Gasteiger partial charge in [0.05, 0.1) is 18.5 Å². The molecule has 4 N–H and O–H groups in total. The normalized spacial score (nSPS) is 10.2. The van der Waals surface area contributed by atoms with Gasteiger partial charge in [-0.2, -0.15) is 0 Å². The summed E-state index contributed by atoms with van der Waals surface area (Å²) in [5.74, 6) is -1.29. The molecule has 0 amide bonds. The standard InChI is InChI=1S/C15H15FN2O3/c1-21-10-4-2-9(3-5-10)8-18-12-7-6-11(16)14(17)13(12)15(19)20/h2-7,18H,8,17H2,1H3,(H,19,20). The van der Waals surface area contributed by atoms with Crippen LogP contribution in [0.25, 0.3) is 0 Å². The second-order valence-corrected chi connectivity index (χ2v) is 4.39. The molecule has 5 nitrogen and oxygen atoms in total. The number of rotatable bonds is 5. The summed E-state index contributed by atoms with van der Waals surface area (Å²) in [6.45, 7) is 0.384. The van der Waals surface area contributed by atoms with Crippen LogP contribution in [0.2, 0.25) is 0 Å². The first-order valence-corrected chi connectivity index (χ1v) is 6.21. The van der Waals surface area contributed by atoms with Crippen LogP contribution in [0, 0.1) is 5.82 Å². The average Bonchev–Trinajstić information content (AvgIpc) is 2.48. The summed E-state index contributed by atoms with van der Waals surface area (Å²) in [7, 11) is 1.58. The van der Waals surface area contributed by atoms with E-state index in [0.717, 1.165) is 17.4 Å². The number of hydrogen-bond acceptors (Lipinski definition) is 4. The van der Waals surface area contributed by atoms with Crippen LogP contribution >= 0.6 is 0 Å². The number of benzene rings is 2. The molecule has 0 radical (unpaired) electrons. The first-order chi connectivity index (χ1) is 10.0. The van der Waals surface area contributed by atoms with Crippen LogP contribution in [-0.4, -0.2) is 18.2 Å². The summed E-state index contributed by atoms with van der Waals surface area (Å²) in [5, 5.41) is 12.1. The SMILES string of the molecule is COc1ccc(CNc2ccc(F)c(N)c2C(=O)O)cc1. The number of carboxylic acid groups (broad SMARTS) is 1. The monoisotopic (exact) mass is 290 g/mol. The third kappa shape index (κ3) is 3.22. The molecule has 0 aliphatic rings. The van der Waals surface area contributed by atoms with Crippen molar-refractivity contribution in [2.45, 2.75) is 6.54 Å². The van der Waals surface area contributed by atoms with E-state index in [2.05, 4.69) is 5.32 Å². The largest absolute Gasteiger partial charge is 0.497 e. The number of carboxylic acids is 1. The second kappa shape index (κ2) is 6.13. The van der Waals surface area contributed by atoms with Gasteiger partial charge in [0.1, 0.15) is 17.1 Å². The van der Waals surface area contributed by atoms with Crippen molar-refractivity contribution < 1.29 is 19.0 Å². The molecule has 0 unspecified atom stereocenters.